The Morgan fingerprint density at radius 1 is 0.739 bits per heavy atom. The molecule has 0 aliphatic carbocycles. The lowest BCUT2D eigenvalue weighted by atomic mass is 10.3. The summed E-state index contributed by atoms with van der Waals surface area (Å²) >= 11 is 3.80. The van der Waals surface area contributed by atoms with Crippen molar-refractivity contribution in [3.63, 3.8) is 0 Å². The van der Waals surface area contributed by atoms with Crippen molar-refractivity contribution in [1.82, 2.24) is 0 Å². The summed E-state index contributed by atoms with van der Waals surface area (Å²) in [6, 6.07) is 28.2. The smallest absolute Gasteiger partial charge is 0.0372 e. The van der Waals surface area contributed by atoms with Gasteiger partial charge in [0.15, 0.2) is 0 Å². The Bertz CT molecular complexity index is 733. The topological polar surface area (TPSA) is 3.24 Å². The average molecular weight is 384 g/mol. The zero-order chi connectivity index (χ0) is 16.2. The first-order chi connectivity index (χ1) is 11.2. The molecule has 0 spiro atoms. The minimum Gasteiger partial charge on any atom is -0.378 e. The summed E-state index contributed by atoms with van der Waals surface area (Å²) in [5, 5.41) is 4.09. The van der Waals surface area contributed by atoms with Gasteiger partial charge in [-0.3, -0.25) is 0 Å². The lowest BCUT2D eigenvalue weighted by molar-refractivity contribution is 1.13. The van der Waals surface area contributed by atoms with Crippen LogP contribution in [0.4, 0.5) is 5.69 Å². The van der Waals surface area contributed by atoms with E-state index in [1.54, 1.807) is 0 Å². The van der Waals surface area contributed by atoms with E-state index in [1.807, 2.05) is 0 Å². The third-order valence-electron chi connectivity index (χ3n) is 3.72. The van der Waals surface area contributed by atoms with Crippen molar-refractivity contribution in [3.8, 4) is 0 Å². The molecule has 0 amide bonds. The molecule has 0 aliphatic heterocycles. The predicted octanol–water partition coefficient (Wildman–Crippen LogP) is 4.27. The Labute approximate surface area is 147 Å². The van der Waals surface area contributed by atoms with E-state index < -0.39 is 7.92 Å². The largest absolute Gasteiger partial charge is 0.378 e. The van der Waals surface area contributed by atoms with Crippen LogP contribution in [0.15, 0.2) is 83.3 Å². The van der Waals surface area contributed by atoms with E-state index in [0.717, 1.165) is 0 Å². The first-order valence-electron chi connectivity index (χ1n) is 7.54. The van der Waals surface area contributed by atoms with Crippen molar-refractivity contribution >= 4 is 45.5 Å². The fourth-order valence-corrected chi connectivity index (χ4v) is 5.73. The van der Waals surface area contributed by atoms with E-state index in [9.17, 15) is 0 Å². The van der Waals surface area contributed by atoms with Crippen LogP contribution in [0.3, 0.4) is 0 Å². The number of halogens is 1. The highest BCUT2D eigenvalue weighted by Gasteiger charge is 2.19. The minimum absolute atomic E-state index is 0.564. The molecule has 0 saturated heterocycles. The molecule has 1 nitrogen and oxygen atoms in total. The Kier molecular flexibility index (Phi) is 5.15. The zero-order valence-electron chi connectivity index (χ0n) is 13.3. The zero-order valence-corrected chi connectivity index (χ0v) is 15.8. The molecule has 3 aromatic rings. The first kappa shape index (κ1) is 16.2. The Morgan fingerprint density at radius 2 is 1.26 bits per heavy atom. The van der Waals surface area contributed by atoms with Crippen LogP contribution in [-0.2, 0) is 0 Å². The quantitative estimate of drug-likeness (QED) is 0.608. The normalized spacial score (nSPS) is 10.8. The Balaban J connectivity index is 2.13. The van der Waals surface area contributed by atoms with Crippen LogP contribution < -0.4 is 20.8 Å². The van der Waals surface area contributed by atoms with E-state index in [1.165, 1.54) is 26.1 Å². The second-order valence-corrected chi connectivity index (χ2v) is 8.58. The van der Waals surface area contributed by atoms with Crippen molar-refractivity contribution in [1.29, 1.82) is 0 Å². The minimum atomic E-state index is -0.564. The van der Waals surface area contributed by atoms with Gasteiger partial charge in [-0.2, -0.15) is 0 Å². The summed E-state index contributed by atoms with van der Waals surface area (Å²) < 4.78 is 1.17. The van der Waals surface area contributed by atoms with Crippen LogP contribution in [0.2, 0.25) is 0 Å². The molecular formula is C20H19BrNP. The van der Waals surface area contributed by atoms with E-state index in [0.29, 0.717) is 0 Å². The van der Waals surface area contributed by atoms with E-state index in [4.69, 9.17) is 0 Å². The molecule has 23 heavy (non-hydrogen) atoms. The number of nitrogens with zero attached hydrogens (tertiary/aromatic N) is 1. The van der Waals surface area contributed by atoms with Gasteiger partial charge in [0.25, 0.3) is 0 Å². The first-order valence-corrected chi connectivity index (χ1v) is 9.67. The molecular weight excluding hydrogens is 365 g/mol. The Hall–Kier alpha value is -1.63. The van der Waals surface area contributed by atoms with Crippen molar-refractivity contribution in [2.45, 2.75) is 0 Å². The van der Waals surface area contributed by atoms with Crippen LogP contribution >= 0.6 is 23.9 Å². The van der Waals surface area contributed by atoms with Gasteiger partial charge in [0.05, 0.1) is 0 Å². The maximum absolute atomic E-state index is 3.80. The molecule has 0 heterocycles. The molecule has 0 aliphatic rings. The summed E-state index contributed by atoms with van der Waals surface area (Å²) in [4.78, 5) is 2.13. The van der Waals surface area contributed by atoms with Crippen molar-refractivity contribution in [3.05, 3.63) is 83.3 Å². The lowest BCUT2D eigenvalue weighted by Crippen LogP contribution is -2.22. The summed E-state index contributed by atoms with van der Waals surface area (Å²) in [5.41, 5.74) is 1.21. The average Bonchev–Trinajstić information content (AvgIpc) is 2.58. The van der Waals surface area contributed by atoms with Crippen LogP contribution in [0.25, 0.3) is 0 Å². The molecule has 3 aromatic carbocycles. The van der Waals surface area contributed by atoms with Crippen LogP contribution in [0, 0.1) is 0 Å². The summed E-state index contributed by atoms with van der Waals surface area (Å²) in [5.74, 6) is 0. The van der Waals surface area contributed by atoms with Gasteiger partial charge in [0, 0.05) is 24.3 Å². The van der Waals surface area contributed by atoms with Gasteiger partial charge in [0.1, 0.15) is 0 Å². The molecule has 0 atom stereocenters. The molecule has 0 fully saturated rings. The molecule has 0 radical (unpaired) electrons. The van der Waals surface area contributed by atoms with Crippen molar-refractivity contribution in [2.24, 2.45) is 0 Å². The molecule has 116 valence electrons. The summed E-state index contributed by atoms with van der Waals surface area (Å²) in [6.45, 7) is 0. The highest BCUT2D eigenvalue weighted by Crippen LogP contribution is 2.36. The predicted molar refractivity (Wildman–Crippen MR) is 107 cm³/mol. The van der Waals surface area contributed by atoms with Gasteiger partial charge in [-0.25, -0.2) is 0 Å². The van der Waals surface area contributed by atoms with Gasteiger partial charge in [0.2, 0.25) is 0 Å². The molecule has 3 rings (SSSR count). The fraction of sp³-hybridized carbons (Fsp3) is 0.100. The molecule has 0 bridgehead atoms. The molecule has 0 unspecified atom stereocenters. The second kappa shape index (κ2) is 7.29. The summed E-state index contributed by atoms with van der Waals surface area (Å²) in [6.07, 6.45) is 0. The number of anilines is 1. The third-order valence-corrected chi connectivity index (χ3v) is 7.18. The van der Waals surface area contributed by atoms with Crippen LogP contribution in [0.5, 0.6) is 0 Å². The van der Waals surface area contributed by atoms with Crippen molar-refractivity contribution < 1.29 is 0 Å². The number of hydrogen-bond donors (Lipinski definition) is 0. The SMILES string of the molecule is CN(C)c1ccc(P(c2ccccc2)c2ccccc2)c(Br)c1. The highest BCUT2D eigenvalue weighted by molar-refractivity contribution is 9.10. The van der Waals surface area contributed by atoms with E-state index in [2.05, 4.69) is 114 Å². The van der Waals surface area contributed by atoms with E-state index in [-0.39, 0.29) is 0 Å². The maximum Gasteiger partial charge on any atom is 0.0372 e. The van der Waals surface area contributed by atoms with Gasteiger partial charge in [-0.05, 0) is 36.0 Å². The lowest BCUT2D eigenvalue weighted by Gasteiger charge is -2.22. The van der Waals surface area contributed by atoms with Gasteiger partial charge in [-0.15, -0.1) is 0 Å². The molecule has 0 N–H and O–H groups in total. The highest BCUT2D eigenvalue weighted by atomic mass is 79.9. The molecule has 3 heteroatoms. The number of benzene rings is 3. The van der Waals surface area contributed by atoms with Gasteiger partial charge < -0.3 is 4.90 Å². The third kappa shape index (κ3) is 3.65. The second-order valence-electron chi connectivity index (χ2n) is 5.54. The van der Waals surface area contributed by atoms with Crippen LogP contribution in [-0.4, -0.2) is 14.1 Å². The summed E-state index contributed by atoms with van der Waals surface area (Å²) in [7, 11) is 3.57. The standard InChI is InChI=1S/C20H19BrNP/c1-22(2)16-13-14-20(19(21)15-16)23(17-9-5-3-6-10-17)18-11-7-4-8-12-18/h3-15H,1-2H3. The van der Waals surface area contributed by atoms with Gasteiger partial charge >= 0.3 is 0 Å². The van der Waals surface area contributed by atoms with Crippen LogP contribution in [0.1, 0.15) is 0 Å². The fourth-order valence-electron chi connectivity index (χ4n) is 2.54. The van der Waals surface area contributed by atoms with Gasteiger partial charge in [-0.1, -0.05) is 82.7 Å². The monoisotopic (exact) mass is 383 g/mol. The Morgan fingerprint density at radius 3 is 1.70 bits per heavy atom. The number of hydrogen-bond acceptors (Lipinski definition) is 1. The number of rotatable bonds is 4. The van der Waals surface area contributed by atoms with Crippen molar-refractivity contribution in [2.75, 3.05) is 19.0 Å². The molecule has 0 aromatic heterocycles. The van der Waals surface area contributed by atoms with E-state index >= 15 is 0 Å². The molecule has 0 saturated carbocycles. The maximum atomic E-state index is 3.80.